The molecule has 0 saturated carbocycles. The SMILES string of the molecule is CC(C)(CC(N)=O)NC(=O)c1cccc(C(F)(F)F)c1N. The zero-order valence-corrected chi connectivity index (χ0v) is 11.5. The number of carbonyl (C=O) groups is 2. The van der Waals surface area contributed by atoms with Crippen molar-refractivity contribution in [1.29, 1.82) is 0 Å². The van der Waals surface area contributed by atoms with Crippen LogP contribution in [0.15, 0.2) is 18.2 Å². The minimum atomic E-state index is -4.65. The summed E-state index contributed by atoms with van der Waals surface area (Å²) in [4.78, 5) is 22.9. The van der Waals surface area contributed by atoms with Crippen molar-refractivity contribution in [3.8, 4) is 0 Å². The van der Waals surface area contributed by atoms with Gasteiger partial charge in [-0.05, 0) is 26.0 Å². The highest BCUT2D eigenvalue weighted by atomic mass is 19.4. The fourth-order valence-electron chi connectivity index (χ4n) is 1.86. The Hall–Kier alpha value is -2.25. The summed E-state index contributed by atoms with van der Waals surface area (Å²) in [5, 5.41) is 2.44. The summed E-state index contributed by atoms with van der Waals surface area (Å²) >= 11 is 0. The topological polar surface area (TPSA) is 98.2 Å². The molecular formula is C13H16F3N3O2. The molecule has 0 bridgehead atoms. The monoisotopic (exact) mass is 303 g/mol. The van der Waals surface area contributed by atoms with Gasteiger partial charge in [-0.25, -0.2) is 0 Å². The summed E-state index contributed by atoms with van der Waals surface area (Å²) in [7, 11) is 0. The van der Waals surface area contributed by atoms with Gasteiger partial charge in [0.05, 0.1) is 16.8 Å². The number of anilines is 1. The normalized spacial score (nSPS) is 12.0. The average Bonchev–Trinajstić information content (AvgIpc) is 2.24. The predicted molar refractivity (Wildman–Crippen MR) is 71.2 cm³/mol. The molecule has 0 aromatic heterocycles. The Bertz CT molecular complexity index is 568. The molecule has 0 heterocycles. The molecule has 5 N–H and O–H groups in total. The molecule has 0 fully saturated rings. The Kier molecular flexibility index (Phi) is 4.50. The molecule has 1 aromatic carbocycles. The standard InChI is InChI=1S/C13H16F3N3O2/c1-12(2,6-9(17)20)19-11(21)7-4-3-5-8(10(7)18)13(14,15)16/h3-5H,6,18H2,1-2H3,(H2,17,20)(H,19,21). The maximum atomic E-state index is 12.7. The molecule has 0 aliphatic rings. The number of alkyl halides is 3. The number of para-hydroxylation sites is 1. The molecule has 116 valence electrons. The van der Waals surface area contributed by atoms with E-state index in [1.165, 1.54) is 19.9 Å². The van der Waals surface area contributed by atoms with Gasteiger partial charge in [0.15, 0.2) is 0 Å². The Morgan fingerprint density at radius 1 is 1.24 bits per heavy atom. The fourth-order valence-corrected chi connectivity index (χ4v) is 1.86. The third-order valence-corrected chi connectivity index (χ3v) is 2.72. The van der Waals surface area contributed by atoms with Crippen LogP contribution in [0, 0.1) is 0 Å². The van der Waals surface area contributed by atoms with Crippen LogP contribution in [-0.2, 0) is 11.0 Å². The van der Waals surface area contributed by atoms with Crippen molar-refractivity contribution in [2.45, 2.75) is 32.0 Å². The molecule has 0 spiro atoms. The van der Waals surface area contributed by atoms with E-state index in [2.05, 4.69) is 5.32 Å². The maximum absolute atomic E-state index is 12.7. The van der Waals surface area contributed by atoms with Gasteiger partial charge in [0.2, 0.25) is 5.91 Å². The van der Waals surface area contributed by atoms with E-state index in [4.69, 9.17) is 11.5 Å². The number of hydrogen-bond acceptors (Lipinski definition) is 3. The van der Waals surface area contributed by atoms with E-state index in [9.17, 15) is 22.8 Å². The van der Waals surface area contributed by atoms with Gasteiger partial charge >= 0.3 is 6.18 Å². The van der Waals surface area contributed by atoms with Gasteiger partial charge in [0.25, 0.3) is 5.91 Å². The summed E-state index contributed by atoms with van der Waals surface area (Å²) in [6, 6.07) is 3.07. The number of amides is 2. The third-order valence-electron chi connectivity index (χ3n) is 2.72. The molecule has 1 rings (SSSR count). The second-order valence-corrected chi connectivity index (χ2v) is 5.25. The van der Waals surface area contributed by atoms with Crippen LogP contribution in [-0.4, -0.2) is 17.4 Å². The van der Waals surface area contributed by atoms with E-state index in [1.54, 1.807) is 0 Å². The number of hydrogen-bond donors (Lipinski definition) is 3. The van der Waals surface area contributed by atoms with Gasteiger partial charge in [-0.15, -0.1) is 0 Å². The Labute approximate surface area is 119 Å². The van der Waals surface area contributed by atoms with Crippen molar-refractivity contribution >= 4 is 17.5 Å². The van der Waals surface area contributed by atoms with Crippen LogP contribution in [0.4, 0.5) is 18.9 Å². The van der Waals surface area contributed by atoms with Crippen LogP contribution >= 0.6 is 0 Å². The largest absolute Gasteiger partial charge is 0.418 e. The molecule has 0 radical (unpaired) electrons. The van der Waals surface area contributed by atoms with Crippen LogP contribution in [0.1, 0.15) is 36.2 Å². The summed E-state index contributed by atoms with van der Waals surface area (Å²) in [6.07, 6.45) is -4.80. The van der Waals surface area contributed by atoms with Crippen molar-refractivity contribution in [1.82, 2.24) is 5.32 Å². The highest BCUT2D eigenvalue weighted by Gasteiger charge is 2.35. The molecule has 1 aromatic rings. The molecule has 0 saturated heterocycles. The van der Waals surface area contributed by atoms with Crippen molar-refractivity contribution in [3.05, 3.63) is 29.3 Å². The minimum absolute atomic E-state index is 0.155. The lowest BCUT2D eigenvalue weighted by molar-refractivity contribution is -0.136. The van der Waals surface area contributed by atoms with Crippen LogP contribution in [0.3, 0.4) is 0 Å². The number of carbonyl (C=O) groups excluding carboxylic acids is 2. The minimum Gasteiger partial charge on any atom is -0.398 e. The quantitative estimate of drug-likeness (QED) is 0.738. The zero-order valence-electron chi connectivity index (χ0n) is 11.5. The number of rotatable bonds is 4. The average molecular weight is 303 g/mol. The molecule has 0 aliphatic heterocycles. The first kappa shape index (κ1) is 16.8. The smallest absolute Gasteiger partial charge is 0.398 e. The second-order valence-electron chi connectivity index (χ2n) is 5.25. The summed E-state index contributed by atoms with van der Waals surface area (Å²) < 4.78 is 38.2. The lowest BCUT2D eigenvalue weighted by Crippen LogP contribution is -2.46. The molecular weight excluding hydrogens is 287 g/mol. The van der Waals surface area contributed by atoms with E-state index < -0.39 is 34.8 Å². The van der Waals surface area contributed by atoms with Crippen molar-refractivity contribution in [2.75, 3.05) is 5.73 Å². The second kappa shape index (κ2) is 5.63. The van der Waals surface area contributed by atoms with Crippen LogP contribution in [0.2, 0.25) is 0 Å². The van der Waals surface area contributed by atoms with E-state index in [1.807, 2.05) is 0 Å². The number of nitrogen functional groups attached to an aromatic ring is 1. The van der Waals surface area contributed by atoms with Crippen LogP contribution in [0.25, 0.3) is 0 Å². The summed E-state index contributed by atoms with van der Waals surface area (Å²) in [5.74, 6) is -1.44. The predicted octanol–water partition coefficient (Wildman–Crippen LogP) is 1.67. The number of halogens is 3. The Morgan fingerprint density at radius 2 is 1.81 bits per heavy atom. The number of primary amides is 1. The first-order valence-corrected chi connectivity index (χ1v) is 6.00. The summed E-state index contributed by atoms with van der Waals surface area (Å²) in [5.41, 5.74) is 7.42. The Balaban J connectivity index is 3.07. The zero-order chi connectivity index (χ0) is 16.4. The van der Waals surface area contributed by atoms with Crippen molar-refractivity contribution in [3.63, 3.8) is 0 Å². The van der Waals surface area contributed by atoms with E-state index in [0.717, 1.165) is 12.1 Å². The van der Waals surface area contributed by atoms with Gasteiger partial charge < -0.3 is 16.8 Å². The fraction of sp³-hybridized carbons (Fsp3) is 0.385. The molecule has 21 heavy (non-hydrogen) atoms. The lowest BCUT2D eigenvalue weighted by atomic mass is 9.98. The molecule has 8 heteroatoms. The van der Waals surface area contributed by atoms with Crippen molar-refractivity contribution in [2.24, 2.45) is 5.73 Å². The highest BCUT2D eigenvalue weighted by Crippen LogP contribution is 2.35. The van der Waals surface area contributed by atoms with Gasteiger partial charge in [0, 0.05) is 12.0 Å². The Morgan fingerprint density at radius 3 is 2.29 bits per heavy atom. The van der Waals surface area contributed by atoms with Gasteiger partial charge in [-0.1, -0.05) is 6.07 Å². The number of nitrogens with two attached hydrogens (primary N) is 2. The van der Waals surface area contributed by atoms with Gasteiger partial charge in [-0.2, -0.15) is 13.2 Å². The number of benzene rings is 1. The van der Waals surface area contributed by atoms with E-state index in [-0.39, 0.29) is 12.0 Å². The first-order valence-electron chi connectivity index (χ1n) is 6.00. The third kappa shape index (κ3) is 4.37. The molecule has 0 aliphatic carbocycles. The molecule has 2 amide bonds. The van der Waals surface area contributed by atoms with Gasteiger partial charge in [0.1, 0.15) is 0 Å². The van der Waals surface area contributed by atoms with E-state index >= 15 is 0 Å². The van der Waals surface area contributed by atoms with E-state index in [0.29, 0.717) is 0 Å². The van der Waals surface area contributed by atoms with Crippen molar-refractivity contribution < 1.29 is 22.8 Å². The lowest BCUT2D eigenvalue weighted by Gasteiger charge is -2.25. The molecule has 0 atom stereocenters. The van der Waals surface area contributed by atoms with Crippen LogP contribution in [0.5, 0.6) is 0 Å². The first-order chi connectivity index (χ1) is 9.44. The maximum Gasteiger partial charge on any atom is 0.418 e. The molecule has 0 unspecified atom stereocenters. The number of nitrogens with one attached hydrogen (secondary N) is 1. The highest BCUT2D eigenvalue weighted by molar-refractivity contribution is 6.00. The van der Waals surface area contributed by atoms with Crippen LogP contribution < -0.4 is 16.8 Å². The summed E-state index contributed by atoms with van der Waals surface area (Å²) in [6.45, 7) is 3.05. The molecule has 5 nitrogen and oxygen atoms in total. The van der Waals surface area contributed by atoms with Gasteiger partial charge in [-0.3, -0.25) is 9.59 Å².